The summed E-state index contributed by atoms with van der Waals surface area (Å²) >= 11 is 0. The minimum atomic E-state index is -0.00411. The number of carbonyl (C=O) groups is 2. The van der Waals surface area contributed by atoms with Gasteiger partial charge in [0, 0.05) is 45.5 Å². The Bertz CT molecular complexity index is 632. The van der Waals surface area contributed by atoms with Crippen molar-refractivity contribution >= 4 is 11.8 Å². The van der Waals surface area contributed by atoms with Gasteiger partial charge in [-0.1, -0.05) is 6.07 Å². The summed E-state index contributed by atoms with van der Waals surface area (Å²) in [5.74, 6) is 1.05. The summed E-state index contributed by atoms with van der Waals surface area (Å²) in [6.07, 6.45) is 6.05. The molecule has 1 atom stereocenters. The molecule has 0 bridgehead atoms. The van der Waals surface area contributed by atoms with E-state index < -0.39 is 0 Å². The maximum absolute atomic E-state index is 12.7. The summed E-state index contributed by atoms with van der Waals surface area (Å²) in [7, 11) is 0. The topological polar surface area (TPSA) is 56.8 Å². The molecule has 4 rings (SSSR count). The molecule has 0 unspecified atom stereocenters. The van der Waals surface area contributed by atoms with Crippen molar-refractivity contribution in [3.05, 3.63) is 30.1 Å². The van der Waals surface area contributed by atoms with Gasteiger partial charge in [-0.2, -0.15) is 0 Å². The Balaban J connectivity index is 1.35. The van der Waals surface area contributed by atoms with E-state index in [0.29, 0.717) is 18.1 Å². The van der Waals surface area contributed by atoms with E-state index in [2.05, 4.69) is 14.8 Å². The molecular formula is C19H26N4O2. The predicted octanol–water partition coefficient (Wildman–Crippen LogP) is 1.24. The molecule has 3 heterocycles. The highest BCUT2D eigenvalue weighted by molar-refractivity contribution is 5.92. The van der Waals surface area contributed by atoms with Crippen LogP contribution in [0.4, 0.5) is 0 Å². The summed E-state index contributed by atoms with van der Waals surface area (Å²) in [6, 6.07) is 5.45. The van der Waals surface area contributed by atoms with Crippen LogP contribution in [0.3, 0.4) is 0 Å². The van der Waals surface area contributed by atoms with Gasteiger partial charge in [-0.3, -0.25) is 19.5 Å². The monoisotopic (exact) mass is 342 g/mol. The van der Waals surface area contributed by atoms with Crippen molar-refractivity contribution in [1.29, 1.82) is 0 Å². The molecule has 6 heteroatoms. The second-order valence-electron chi connectivity index (χ2n) is 7.43. The van der Waals surface area contributed by atoms with E-state index in [9.17, 15) is 9.59 Å². The van der Waals surface area contributed by atoms with E-state index in [1.54, 1.807) is 12.3 Å². The Morgan fingerprint density at radius 3 is 2.72 bits per heavy atom. The Morgan fingerprint density at radius 1 is 1.08 bits per heavy atom. The molecule has 0 radical (unpaired) electrons. The van der Waals surface area contributed by atoms with Crippen LogP contribution >= 0.6 is 0 Å². The van der Waals surface area contributed by atoms with E-state index in [1.807, 2.05) is 17.0 Å². The second kappa shape index (κ2) is 7.12. The van der Waals surface area contributed by atoms with Crippen LogP contribution in [-0.2, 0) is 4.79 Å². The molecule has 1 saturated carbocycles. The third-order valence-electron chi connectivity index (χ3n) is 5.59. The summed E-state index contributed by atoms with van der Waals surface area (Å²) < 4.78 is 0. The Morgan fingerprint density at radius 2 is 1.96 bits per heavy atom. The summed E-state index contributed by atoms with van der Waals surface area (Å²) in [4.78, 5) is 35.7. The molecule has 0 spiro atoms. The highest BCUT2D eigenvalue weighted by atomic mass is 16.2. The van der Waals surface area contributed by atoms with Crippen LogP contribution < -0.4 is 0 Å². The molecule has 0 N–H and O–H groups in total. The van der Waals surface area contributed by atoms with E-state index in [4.69, 9.17) is 0 Å². The summed E-state index contributed by atoms with van der Waals surface area (Å²) in [5, 5.41) is 0. The fourth-order valence-electron chi connectivity index (χ4n) is 3.96. The number of amides is 2. The largest absolute Gasteiger partial charge is 0.341 e. The van der Waals surface area contributed by atoms with Gasteiger partial charge in [0.1, 0.15) is 5.69 Å². The molecule has 6 nitrogen and oxygen atoms in total. The average Bonchev–Trinajstić information content (AvgIpc) is 3.43. The van der Waals surface area contributed by atoms with Gasteiger partial charge < -0.3 is 9.80 Å². The lowest BCUT2D eigenvalue weighted by molar-refractivity contribution is -0.132. The first-order chi connectivity index (χ1) is 12.2. The van der Waals surface area contributed by atoms with Crippen molar-refractivity contribution in [3.63, 3.8) is 0 Å². The zero-order chi connectivity index (χ0) is 17.2. The van der Waals surface area contributed by atoms with Gasteiger partial charge in [-0.15, -0.1) is 0 Å². The van der Waals surface area contributed by atoms with E-state index in [1.165, 1.54) is 12.8 Å². The molecule has 3 fully saturated rings. The van der Waals surface area contributed by atoms with Crippen molar-refractivity contribution in [2.45, 2.75) is 31.7 Å². The molecule has 1 aromatic rings. The smallest absolute Gasteiger partial charge is 0.272 e. The number of nitrogens with zero attached hydrogens (tertiary/aromatic N) is 4. The Labute approximate surface area is 148 Å². The number of rotatable bonds is 4. The highest BCUT2D eigenvalue weighted by Crippen LogP contribution is 2.31. The van der Waals surface area contributed by atoms with Crippen LogP contribution in [0.15, 0.2) is 24.4 Å². The SMILES string of the molecule is O=C(c1ccccn1)N1CCCN([C@@H]2CCN(CC3CC3)C2=O)CC1. The first kappa shape index (κ1) is 16.5. The van der Waals surface area contributed by atoms with Gasteiger partial charge in [-0.25, -0.2) is 0 Å². The third kappa shape index (κ3) is 3.68. The van der Waals surface area contributed by atoms with Gasteiger partial charge in [0.25, 0.3) is 5.91 Å². The van der Waals surface area contributed by atoms with Gasteiger partial charge in [0.15, 0.2) is 0 Å². The van der Waals surface area contributed by atoms with Crippen molar-refractivity contribution in [3.8, 4) is 0 Å². The Hall–Kier alpha value is -1.95. The molecule has 2 aliphatic heterocycles. The van der Waals surface area contributed by atoms with Crippen LogP contribution in [-0.4, -0.2) is 76.8 Å². The van der Waals surface area contributed by atoms with Crippen molar-refractivity contribution in [2.24, 2.45) is 5.92 Å². The lowest BCUT2D eigenvalue weighted by Crippen LogP contribution is -2.44. The van der Waals surface area contributed by atoms with Crippen LogP contribution in [0.2, 0.25) is 0 Å². The zero-order valence-electron chi connectivity index (χ0n) is 14.6. The lowest BCUT2D eigenvalue weighted by atomic mass is 10.2. The zero-order valence-corrected chi connectivity index (χ0v) is 14.6. The van der Waals surface area contributed by atoms with Gasteiger partial charge in [0.2, 0.25) is 5.91 Å². The van der Waals surface area contributed by atoms with E-state index in [-0.39, 0.29) is 11.9 Å². The maximum atomic E-state index is 12.7. The Kier molecular flexibility index (Phi) is 4.70. The minimum Gasteiger partial charge on any atom is -0.341 e. The predicted molar refractivity (Wildman–Crippen MR) is 94.0 cm³/mol. The van der Waals surface area contributed by atoms with Crippen molar-refractivity contribution in [2.75, 3.05) is 39.3 Å². The fourth-order valence-corrected chi connectivity index (χ4v) is 3.96. The lowest BCUT2D eigenvalue weighted by Gasteiger charge is -2.26. The third-order valence-corrected chi connectivity index (χ3v) is 5.59. The van der Waals surface area contributed by atoms with Crippen LogP contribution in [0.25, 0.3) is 0 Å². The number of aromatic nitrogens is 1. The average molecular weight is 342 g/mol. The van der Waals surface area contributed by atoms with Gasteiger partial charge in [-0.05, 0) is 43.7 Å². The molecule has 1 aromatic heterocycles. The second-order valence-corrected chi connectivity index (χ2v) is 7.43. The first-order valence-electron chi connectivity index (χ1n) is 9.45. The van der Waals surface area contributed by atoms with Gasteiger partial charge >= 0.3 is 0 Å². The van der Waals surface area contributed by atoms with E-state index in [0.717, 1.165) is 51.5 Å². The number of carbonyl (C=O) groups excluding carboxylic acids is 2. The fraction of sp³-hybridized carbons (Fsp3) is 0.632. The molecule has 1 aliphatic carbocycles. The van der Waals surface area contributed by atoms with Crippen molar-refractivity contribution < 1.29 is 9.59 Å². The molecule has 2 amide bonds. The summed E-state index contributed by atoms with van der Waals surface area (Å²) in [5.41, 5.74) is 0.503. The number of hydrogen-bond donors (Lipinski definition) is 0. The van der Waals surface area contributed by atoms with Crippen LogP contribution in [0.1, 0.15) is 36.2 Å². The standard InChI is InChI=1S/C19H26N4O2/c24-18(16-4-1-2-8-20-16)22-10-3-9-21(12-13-22)17-7-11-23(19(17)25)14-15-5-6-15/h1-2,4,8,15,17H,3,5-7,9-14H2/t17-/m1/s1. The molecule has 134 valence electrons. The molecule has 3 aliphatic rings. The molecular weight excluding hydrogens is 316 g/mol. The summed E-state index contributed by atoms with van der Waals surface area (Å²) in [6.45, 7) is 4.91. The quantitative estimate of drug-likeness (QED) is 0.826. The van der Waals surface area contributed by atoms with Gasteiger partial charge in [0.05, 0.1) is 6.04 Å². The number of pyridine rings is 1. The molecule has 25 heavy (non-hydrogen) atoms. The molecule has 2 saturated heterocycles. The maximum Gasteiger partial charge on any atom is 0.272 e. The van der Waals surface area contributed by atoms with E-state index >= 15 is 0 Å². The normalized spacial score (nSPS) is 25.3. The van der Waals surface area contributed by atoms with Crippen LogP contribution in [0.5, 0.6) is 0 Å². The van der Waals surface area contributed by atoms with Crippen molar-refractivity contribution in [1.82, 2.24) is 19.7 Å². The first-order valence-corrected chi connectivity index (χ1v) is 9.45. The number of hydrogen-bond acceptors (Lipinski definition) is 4. The minimum absolute atomic E-state index is 0.00411. The number of likely N-dealkylation sites (tertiary alicyclic amines) is 1. The van der Waals surface area contributed by atoms with Crippen LogP contribution in [0, 0.1) is 5.92 Å². The highest BCUT2D eigenvalue weighted by Gasteiger charge is 2.38. The molecule has 0 aromatic carbocycles.